The summed E-state index contributed by atoms with van der Waals surface area (Å²) in [6, 6.07) is 16.4. The van der Waals surface area contributed by atoms with Crippen molar-refractivity contribution in [2.75, 3.05) is 0 Å². The van der Waals surface area contributed by atoms with Gasteiger partial charge in [-0.2, -0.15) is 0 Å². The highest BCUT2D eigenvalue weighted by molar-refractivity contribution is 9.09. The zero-order valence-corrected chi connectivity index (χ0v) is 12.7. The molecule has 102 valence electrons. The molecule has 2 aromatic heterocycles. The van der Waals surface area contributed by atoms with E-state index in [1.165, 1.54) is 5.39 Å². The number of alkyl halides is 1. The van der Waals surface area contributed by atoms with Gasteiger partial charge in [-0.3, -0.25) is 4.98 Å². The second-order valence-electron chi connectivity index (χ2n) is 4.91. The molecule has 1 unspecified atom stereocenters. The van der Waals surface area contributed by atoms with Crippen LogP contribution in [0.25, 0.3) is 10.9 Å². The topological polar surface area (TPSA) is 26.0 Å². The predicted molar refractivity (Wildman–Crippen MR) is 85.2 cm³/mol. The van der Waals surface area contributed by atoms with Crippen molar-refractivity contribution in [3.8, 4) is 0 Å². The molecular formula is C17H16BrNO. The number of hydrogen-bond acceptors (Lipinski definition) is 2. The highest BCUT2D eigenvalue weighted by atomic mass is 79.9. The molecular weight excluding hydrogens is 314 g/mol. The molecule has 1 atom stereocenters. The van der Waals surface area contributed by atoms with Gasteiger partial charge in [-0.05, 0) is 30.7 Å². The van der Waals surface area contributed by atoms with Gasteiger partial charge in [-0.25, -0.2) is 0 Å². The molecule has 0 saturated heterocycles. The molecule has 0 aliphatic carbocycles. The fourth-order valence-corrected chi connectivity index (χ4v) is 2.87. The van der Waals surface area contributed by atoms with Crippen molar-refractivity contribution in [1.29, 1.82) is 0 Å². The van der Waals surface area contributed by atoms with E-state index in [-0.39, 0.29) is 0 Å². The highest BCUT2D eigenvalue weighted by Gasteiger charge is 2.08. The minimum absolute atomic E-state index is 0.418. The smallest absolute Gasteiger partial charge is 0.103 e. The van der Waals surface area contributed by atoms with Gasteiger partial charge in [0, 0.05) is 28.7 Å². The summed E-state index contributed by atoms with van der Waals surface area (Å²) in [5.74, 6) is 1.04. The predicted octanol–water partition coefficient (Wildman–Crippen LogP) is 4.77. The lowest BCUT2D eigenvalue weighted by molar-refractivity contribution is 0.500. The first-order valence-corrected chi connectivity index (χ1v) is 7.74. The molecule has 3 rings (SSSR count). The minimum atomic E-state index is 0.418. The third kappa shape index (κ3) is 3.28. The summed E-state index contributed by atoms with van der Waals surface area (Å²) >= 11 is 3.74. The van der Waals surface area contributed by atoms with Gasteiger partial charge >= 0.3 is 0 Å². The second kappa shape index (κ2) is 6.23. The number of rotatable bonds is 5. The Balaban J connectivity index is 1.63. The standard InChI is InChI=1S/C17H16BrNO/c18-14(8-10-16-5-3-11-20-16)12-15-9-7-13-4-1-2-6-17(13)19-15/h1-7,9,11,14H,8,10,12H2. The molecule has 0 amide bonds. The molecule has 0 bridgehead atoms. The van der Waals surface area contributed by atoms with Gasteiger partial charge in [0.25, 0.3) is 0 Å². The molecule has 0 fully saturated rings. The number of furan rings is 1. The number of fused-ring (bicyclic) bond motifs is 1. The summed E-state index contributed by atoms with van der Waals surface area (Å²) in [6.07, 6.45) is 4.66. The summed E-state index contributed by atoms with van der Waals surface area (Å²) in [5.41, 5.74) is 2.20. The van der Waals surface area contributed by atoms with Crippen LogP contribution in [0, 0.1) is 0 Å². The molecule has 3 aromatic rings. The highest BCUT2D eigenvalue weighted by Crippen LogP contribution is 2.18. The van der Waals surface area contributed by atoms with Crippen LogP contribution in [0.15, 0.2) is 59.2 Å². The summed E-state index contributed by atoms with van der Waals surface area (Å²) in [7, 11) is 0. The molecule has 0 saturated carbocycles. The number of nitrogens with zero attached hydrogens (tertiary/aromatic N) is 1. The Morgan fingerprint density at radius 2 is 1.95 bits per heavy atom. The van der Waals surface area contributed by atoms with Crippen molar-refractivity contribution < 1.29 is 4.42 Å². The fraction of sp³-hybridized carbons (Fsp3) is 0.235. The third-order valence-corrected chi connectivity index (χ3v) is 4.15. The zero-order valence-electron chi connectivity index (χ0n) is 11.1. The lowest BCUT2D eigenvalue weighted by Crippen LogP contribution is -2.05. The van der Waals surface area contributed by atoms with Crippen molar-refractivity contribution in [3.05, 3.63) is 66.2 Å². The van der Waals surface area contributed by atoms with Crippen LogP contribution >= 0.6 is 15.9 Å². The first kappa shape index (κ1) is 13.4. The van der Waals surface area contributed by atoms with Gasteiger partial charge in [-0.1, -0.05) is 40.2 Å². The quantitative estimate of drug-likeness (QED) is 0.630. The third-order valence-electron chi connectivity index (χ3n) is 3.37. The van der Waals surface area contributed by atoms with Gasteiger partial charge < -0.3 is 4.42 Å². The van der Waals surface area contributed by atoms with Crippen molar-refractivity contribution in [1.82, 2.24) is 4.98 Å². The van der Waals surface area contributed by atoms with Crippen LogP contribution in [0.4, 0.5) is 0 Å². The van der Waals surface area contributed by atoms with Crippen LogP contribution in [0.1, 0.15) is 17.9 Å². The number of benzene rings is 1. The molecule has 0 aliphatic rings. The number of halogens is 1. The van der Waals surface area contributed by atoms with E-state index in [0.29, 0.717) is 4.83 Å². The van der Waals surface area contributed by atoms with E-state index < -0.39 is 0 Å². The lowest BCUT2D eigenvalue weighted by Gasteiger charge is -2.09. The maximum atomic E-state index is 5.36. The summed E-state index contributed by atoms with van der Waals surface area (Å²) in [5, 5.41) is 1.19. The molecule has 3 heteroatoms. The van der Waals surface area contributed by atoms with E-state index >= 15 is 0 Å². The van der Waals surface area contributed by atoms with E-state index in [2.05, 4.69) is 40.2 Å². The number of aryl methyl sites for hydroxylation is 1. The minimum Gasteiger partial charge on any atom is -0.469 e. The van der Waals surface area contributed by atoms with Crippen molar-refractivity contribution in [3.63, 3.8) is 0 Å². The molecule has 0 aliphatic heterocycles. The first-order valence-electron chi connectivity index (χ1n) is 6.82. The van der Waals surface area contributed by atoms with Crippen LogP contribution in [-0.4, -0.2) is 9.81 Å². The second-order valence-corrected chi connectivity index (χ2v) is 6.21. The SMILES string of the molecule is BrC(CCc1ccco1)Cc1ccc2ccccc2n1. The van der Waals surface area contributed by atoms with Crippen LogP contribution in [0.2, 0.25) is 0 Å². The maximum absolute atomic E-state index is 5.36. The Kier molecular flexibility index (Phi) is 4.16. The monoisotopic (exact) mass is 329 g/mol. The van der Waals surface area contributed by atoms with Gasteiger partial charge in [0.15, 0.2) is 0 Å². The van der Waals surface area contributed by atoms with E-state index in [1.54, 1.807) is 6.26 Å². The van der Waals surface area contributed by atoms with Gasteiger partial charge in [0.1, 0.15) is 5.76 Å². The van der Waals surface area contributed by atoms with E-state index in [9.17, 15) is 0 Å². The van der Waals surface area contributed by atoms with Crippen LogP contribution in [0.5, 0.6) is 0 Å². The Morgan fingerprint density at radius 3 is 2.80 bits per heavy atom. The Hall–Kier alpha value is -1.61. The van der Waals surface area contributed by atoms with Crippen LogP contribution in [0.3, 0.4) is 0 Å². The molecule has 0 radical (unpaired) electrons. The van der Waals surface area contributed by atoms with E-state index in [0.717, 1.165) is 36.2 Å². The average Bonchev–Trinajstić information content (AvgIpc) is 2.98. The maximum Gasteiger partial charge on any atom is 0.103 e. The van der Waals surface area contributed by atoms with Gasteiger partial charge in [0.05, 0.1) is 11.8 Å². The molecule has 1 aromatic carbocycles. The Morgan fingerprint density at radius 1 is 1.05 bits per heavy atom. The van der Waals surface area contributed by atoms with Crippen LogP contribution < -0.4 is 0 Å². The van der Waals surface area contributed by atoms with Crippen molar-refractivity contribution in [2.24, 2.45) is 0 Å². The normalized spacial score (nSPS) is 12.7. The summed E-state index contributed by atoms with van der Waals surface area (Å²) in [6.45, 7) is 0. The molecule has 0 N–H and O–H groups in total. The average molecular weight is 330 g/mol. The fourth-order valence-electron chi connectivity index (χ4n) is 2.30. The van der Waals surface area contributed by atoms with E-state index in [4.69, 9.17) is 9.40 Å². The summed E-state index contributed by atoms with van der Waals surface area (Å²) in [4.78, 5) is 5.12. The Bertz CT molecular complexity index is 678. The molecule has 2 nitrogen and oxygen atoms in total. The summed E-state index contributed by atoms with van der Waals surface area (Å²) < 4.78 is 5.36. The number of hydrogen-bond donors (Lipinski definition) is 0. The van der Waals surface area contributed by atoms with Gasteiger partial charge in [0.2, 0.25) is 0 Å². The zero-order chi connectivity index (χ0) is 13.8. The molecule has 2 heterocycles. The lowest BCUT2D eigenvalue weighted by atomic mass is 10.1. The number of aromatic nitrogens is 1. The largest absolute Gasteiger partial charge is 0.469 e. The first-order chi connectivity index (χ1) is 9.81. The molecule has 20 heavy (non-hydrogen) atoms. The van der Waals surface area contributed by atoms with Crippen LogP contribution in [-0.2, 0) is 12.8 Å². The van der Waals surface area contributed by atoms with E-state index in [1.807, 2.05) is 24.3 Å². The van der Waals surface area contributed by atoms with Gasteiger partial charge in [-0.15, -0.1) is 0 Å². The number of para-hydroxylation sites is 1. The van der Waals surface area contributed by atoms with Crippen molar-refractivity contribution in [2.45, 2.75) is 24.1 Å². The number of pyridine rings is 1. The Labute approximate surface area is 127 Å². The van der Waals surface area contributed by atoms with Crippen molar-refractivity contribution >= 4 is 26.8 Å². The molecule has 0 spiro atoms.